The van der Waals surface area contributed by atoms with E-state index in [0.29, 0.717) is 6.04 Å². The fourth-order valence-corrected chi connectivity index (χ4v) is 1.57. The van der Waals surface area contributed by atoms with E-state index in [2.05, 4.69) is 62.0 Å². The zero-order chi connectivity index (χ0) is 11.1. The van der Waals surface area contributed by atoms with Gasteiger partial charge < -0.3 is 4.90 Å². The molecule has 1 aromatic rings. The summed E-state index contributed by atoms with van der Waals surface area (Å²) in [5, 5.41) is 0. The minimum atomic E-state index is 0.408. The van der Waals surface area contributed by atoms with E-state index in [1.807, 2.05) is 6.07 Å². The Morgan fingerprint density at radius 1 is 1.13 bits per heavy atom. The minimum Gasteiger partial charge on any atom is -0.301 e. The Morgan fingerprint density at radius 2 is 1.80 bits per heavy atom. The van der Waals surface area contributed by atoms with E-state index in [-0.39, 0.29) is 0 Å². The van der Waals surface area contributed by atoms with Crippen molar-refractivity contribution in [2.24, 2.45) is 0 Å². The van der Waals surface area contributed by atoms with Crippen molar-refractivity contribution in [1.82, 2.24) is 4.90 Å². The maximum Gasteiger partial charge on any atom is 0.0451 e. The Hall–Kier alpha value is -1.26. The molecule has 80 valence electrons. The van der Waals surface area contributed by atoms with Crippen LogP contribution in [0.1, 0.15) is 31.4 Å². The first kappa shape index (κ1) is 11.8. The highest BCUT2D eigenvalue weighted by Gasteiger charge is 2.11. The van der Waals surface area contributed by atoms with Crippen molar-refractivity contribution in [3.63, 3.8) is 0 Å². The normalized spacial score (nSPS) is 12.0. The number of nitrogens with zero attached hydrogens (tertiary/aromatic N) is 1. The molecule has 0 saturated heterocycles. The van der Waals surface area contributed by atoms with Crippen LogP contribution >= 0.6 is 0 Å². The van der Waals surface area contributed by atoms with Gasteiger partial charge in [0, 0.05) is 18.9 Å². The van der Waals surface area contributed by atoms with Crippen molar-refractivity contribution in [3.8, 4) is 11.8 Å². The summed E-state index contributed by atoms with van der Waals surface area (Å²) >= 11 is 0. The van der Waals surface area contributed by atoms with E-state index in [1.54, 1.807) is 0 Å². The Balaban J connectivity index is 2.75. The highest BCUT2D eigenvalue weighted by Crippen LogP contribution is 2.20. The maximum absolute atomic E-state index is 3.22. The van der Waals surface area contributed by atoms with Gasteiger partial charge in [-0.1, -0.05) is 37.3 Å². The molecule has 0 fully saturated rings. The summed E-state index contributed by atoms with van der Waals surface area (Å²) in [4.78, 5) is 2.22. The van der Waals surface area contributed by atoms with Crippen LogP contribution in [-0.4, -0.2) is 19.0 Å². The van der Waals surface area contributed by atoms with E-state index in [9.17, 15) is 0 Å². The van der Waals surface area contributed by atoms with Crippen LogP contribution in [0.4, 0.5) is 0 Å². The first-order valence-corrected chi connectivity index (χ1v) is 5.42. The van der Waals surface area contributed by atoms with E-state index >= 15 is 0 Å². The molecule has 0 aliphatic carbocycles. The topological polar surface area (TPSA) is 3.24 Å². The molecule has 1 atom stereocenters. The molecule has 0 N–H and O–H groups in total. The smallest absolute Gasteiger partial charge is 0.0451 e. The van der Waals surface area contributed by atoms with Crippen molar-refractivity contribution >= 4 is 0 Å². The lowest BCUT2D eigenvalue weighted by Crippen LogP contribution is -2.19. The highest BCUT2D eigenvalue weighted by atomic mass is 15.1. The SMILES string of the molecule is CCC#CCC(c1ccccc1)N(C)C. The van der Waals surface area contributed by atoms with Crippen molar-refractivity contribution in [2.75, 3.05) is 14.1 Å². The molecule has 0 saturated carbocycles. The molecule has 0 radical (unpaired) electrons. The molecule has 0 amide bonds. The molecular weight excluding hydrogens is 182 g/mol. The number of hydrogen-bond acceptors (Lipinski definition) is 1. The van der Waals surface area contributed by atoms with Crippen LogP contribution in [0.3, 0.4) is 0 Å². The summed E-state index contributed by atoms with van der Waals surface area (Å²) in [6, 6.07) is 11.0. The van der Waals surface area contributed by atoms with Gasteiger partial charge in [0.2, 0.25) is 0 Å². The second-order valence-corrected chi connectivity index (χ2v) is 3.80. The number of rotatable bonds is 3. The summed E-state index contributed by atoms with van der Waals surface area (Å²) in [5.74, 6) is 6.35. The van der Waals surface area contributed by atoms with Crippen LogP contribution in [0.15, 0.2) is 30.3 Å². The molecule has 1 aromatic carbocycles. The predicted octanol–water partition coefficient (Wildman–Crippen LogP) is 3.09. The Labute approximate surface area is 93.1 Å². The van der Waals surface area contributed by atoms with E-state index in [1.165, 1.54) is 5.56 Å². The number of benzene rings is 1. The summed E-state index contributed by atoms with van der Waals surface area (Å²) in [5.41, 5.74) is 1.34. The zero-order valence-corrected chi connectivity index (χ0v) is 9.83. The second-order valence-electron chi connectivity index (χ2n) is 3.80. The van der Waals surface area contributed by atoms with Gasteiger partial charge in [0.1, 0.15) is 0 Å². The van der Waals surface area contributed by atoms with Crippen LogP contribution in [0.5, 0.6) is 0 Å². The molecule has 0 spiro atoms. The van der Waals surface area contributed by atoms with Crippen LogP contribution < -0.4 is 0 Å². The third-order valence-corrected chi connectivity index (χ3v) is 2.40. The summed E-state index contributed by atoms with van der Waals surface area (Å²) < 4.78 is 0. The third-order valence-electron chi connectivity index (χ3n) is 2.40. The molecule has 15 heavy (non-hydrogen) atoms. The van der Waals surface area contributed by atoms with Gasteiger partial charge in [-0.3, -0.25) is 0 Å². The van der Waals surface area contributed by atoms with E-state index < -0.39 is 0 Å². The fourth-order valence-electron chi connectivity index (χ4n) is 1.57. The molecule has 0 aromatic heterocycles. The Morgan fingerprint density at radius 3 is 2.33 bits per heavy atom. The van der Waals surface area contributed by atoms with Gasteiger partial charge in [0.15, 0.2) is 0 Å². The van der Waals surface area contributed by atoms with Gasteiger partial charge in [-0.05, 0) is 19.7 Å². The molecule has 1 rings (SSSR count). The van der Waals surface area contributed by atoms with Crippen molar-refractivity contribution in [2.45, 2.75) is 25.8 Å². The van der Waals surface area contributed by atoms with Crippen LogP contribution in [-0.2, 0) is 0 Å². The first-order valence-electron chi connectivity index (χ1n) is 5.42. The van der Waals surface area contributed by atoms with Gasteiger partial charge in [-0.25, -0.2) is 0 Å². The lowest BCUT2D eigenvalue weighted by atomic mass is 10.0. The number of hydrogen-bond donors (Lipinski definition) is 0. The molecule has 0 aliphatic rings. The quantitative estimate of drug-likeness (QED) is 0.679. The molecule has 1 heteroatoms. The average Bonchev–Trinajstić information content (AvgIpc) is 2.25. The Bertz CT molecular complexity index is 329. The van der Waals surface area contributed by atoms with E-state index in [0.717, 1.165) is 12.8 Å². The lowest BCUT2D eigenvalue weighted by Gasteiger charge is -2.22. The third kappa shape index (κ3) is 3.77. The van der Waals surface area contributed by atoms with E-state index in [4.69, 9.17) is 0 Å². The monoisotopic (exact) mass is 201 g/mol. The standard InChI is InChI=1S/C14H19N/c1-4-5-7-12-14(15(2)3)13-10-8-6-9-11-13/h6,8-11,14H,4,12H2,1-3H3. The highest BCUT2D eigenvalue weighted by molar-refractivity contribution is 5.20. The summed E-state index contributed by atoms with van der Waals surface area (Å²) in [6.45, 7) is 2.08. The van der Waals surface area contributed by atoms with Gasteiger partial charge in [-0.2, -0.15) is 0 Å². The maximum atomic E-state index is 3.22. The van der Waals surface area contributed by atoms with Crippen LogP contribution in [0, 0.1) is 11.8 Å². The van der Waals surface area contributed by atoms with Gasteiger partial charge >= 0.3 is 0 Å². The molecule has 1 nitrogen and oxygen atoms in total. The zero-order valence-electron chi connectivity index (χ0n) is 9.83. The molecule has 1 unspecified atom stereocenters. The van der Waals surface area contributed by atoms with Crippen LogP contribution in [0.2, 0.25) is 0 Å². The average molecular weight is 201 g/mol. The summed E-state index contributed by atoms with van der Waals surface area (Å²) in [6.07, 6.45) is 1.85. The molecular formula is C14H19N. The first-order chi connectivity index (χ1) is 7.25. The molecule has 0 heterocycles. The van der Waals surface area contributed by atoms with Crippen molar-refractivity contribution < 1.29 is 0 Å². The van der Waals surface area contributed by atoms with Crippen LogP contribution in [0.25, 0.3) is 0 Å². The minimum absolute atomic E-state index is 0.408. The van der Waals surface area contributed by atoms with Crippen molar-refractivity contribution in [3.05, 3.63) is 35.9 Å². The predicted molar refractivity (Wildman–Crippen MR) is 65.6 cm³/mol. The molecule has 0 bridgehead atoms. The van der Waals surface area contributed by atoms with Gasteiger partial charge in [-0.15, -0.1) is 11.8 Å². The summed E-state index contributed by atoms with van der Waals surface area (Å²) in [7, 11) is 4.20. The lowest BCUT2D eigenvalue weighted by molar-refractivity contribution is 0.304. The Kier molecular flexibility index (Phi) is 4.93. The fraction of sp³-hybridized carbons (Fsp3) is 0.429. The van der Waals surface area contributed by atoms with Gasteiger partial charge in [0.05, 0.1) is 0 Å². The second kappa shape index (κ2) is 6.27. The van der Waals surface area contributed by atoms with Crippen molar-refractivity contribution in [1.29, 1.82) is 0 Å². The van der Waals surface area contributed by atoms with Gasteiger partial charge in [0.25, 0.3) is 0 Å². The molecule has 0 aliphatic heterocycles. The largest absolute Gasteiger partial charge is 0.301 e.